The minimum Gasteiger partial charge on any atom is -0.334 e. The van der Waals surface area contributed by atoms with E-state index in [1.54, 1.807) is 6.07 Å². The summed E-state index contributed by atoms with van der Waals surface area (Å²) < 4.78 is 37.3. The molecule has 2 aromatic rings. The second kappa shape index (κ2) is 4.61. The summed E-state index contributed by atoms with van der Waals surface area (Å²) in [7, 11) is 0. The van der Waals surface area contributed by atoms with Crippen LogP contribution in [-0.4, -0.2) is 15.9 Å². The molecule has 0 saturated carbocycles. The number of imidazole rings is 1. The summed E-state index contributed by atoms with van der Waals surface area (Å²) in [6.07, 6.45) is -4.88. The van der Waals surface area contributed by atoms with E-state index in [1.807, 2.05) is 0 Å². The molecule has 0 bridgehead atoms. The number of amides is 1. The smallest absolute Gasteiger partial charge is 0.334 e. The van der Waals surface area contributed by atoms with Gasteiger partial charge in [0, 0.05) is 5.69 Å². The third-order valence-corrected chi connectivity index (χ3v) is 2.27. The number of nitrogens with one attached hydrogen (secondary N) is 2. The van der Waals surface area contributed by atoms with Crippen LogP contribution in [0.5, 0.6) is 0 Å². The molecule has 8 heteroatoms. The van der Waals surface area contributed by atoms with E-state index in [2.05, 4.69) is 15.3 Å². The molecule has 0 aliphatic rings. The van der Waals surface area contributed by atoms with Crippen molar-refractivity contribution in [2.24, 2.45) is 0 Å². The topological polar surface area (TPSA) is 81.6 Å². The van der Waals surface area contributed by atoms with Gasteiger partial charge in [-0.05, 0) is 18.2 Å². The van der Waals surface area contributed by atoms with Crippen molar-refractivity contribution in [3.63, 3.8) is 0 Å². The van der Waals surface area contributed by atoms with Crippen molar-refractivity contribution in [2.75, 3.05) is 5.32 Å². The van der Waals surface area contributed by atoms with Gasteiger partial charge >= 0.3 is 6.18 Å². The first kappa shape index (κ1) is 12.9. The molecule has 1 amide bonds. The number of halogens is 3. The van der Waals surface area contributed by atoms with Crippen molar-refractivity contribution < 1.29 is 18.0 Å². The number of rotatable bonds is 2. The van der Waals surface area contributed by atoms with Gasteiger partial charge in [-0.25, -0.2) is 4.98 Å². The molecule has 2 N–H and O–H groups in total. The molecule has 0 atom stereocenters. The maximum Gasteiger partial charge on any atom is 0.449 e. The number of hydrogen-bond acceptors (Lipinski definition) is 3. The number of aromatic nitrogens is 2. The molecule has 0 fully saturated rings. The molecule has 2 rings (SSSR count). The monoisotopic (exact) mass is 268 g/mol. The van der Waals surface area contributed by atoms with E-state index in [4.69, 9.17) is 5.26 Å². The Morgan fingerprint density at radius 3 is 2.84 bits per heavy atom. The zero-order valence-electron chi connectivity index (χ0n) is 9.38. The van der Waals surface area contributed by atoms with Crippen LogP contribution in [0.15, 0.2) is 18.2 Å². The highest BCUT2D eigenvalue weighted by atomic mass is 19.4. The van der Waals surface area contributed by atoms with Gasteiger partial charge in [0.1, 0.15) is 6.42 Å². The summed E-state index contributed by atoms with van der Waals surface area (Å²) in [6, 6.07) is 5.76. The maximum atomic E-state index is 12.4. The fraction of sp³-hybridized carbons (Fsp3) is 0.182. The highest BCUT2D eigenvalue weighted by Crippen LogP contribution is 2.29. The number of H-pyrrole nitrogens is 1. The molecular weight excluding hydrogens is 261 g/mol. The van der Waals surface area contributed by atoms with Gasteiger partial charge in [0.05, 0.1) is 17.1 Å². The summed E-state index contributed by atoms with van der Waals surface area (Å²) in [5.74, 6) is -1.62. The van der Waals surface area contributed by atoms with Crippen LogP contribution in [0.1, 0.15) is 12.2 Å². The van der Waals surface area contributed by atoms with E-state index >= 15 is 0 Å². The average Bonchev–Trinajstić information content (AvgIpc) is 2.71. The molecule has 98 valence electrons. The van der Waals surface area contributed by atoms with E-state index < -0.39 is 17.9 Å². The van der Waals surface area contributed by atoms with E-state index in [9.17, 15) is 18.0 Å². The molecular formula is C11H7F3N4O. The van der Waals surface area contributed by atoms with Crippen LogP contribution < -0.4 is 5.32 Å². The summed E-state index contributed by atoms with van der Waals surface area (Å²) in [6.45, 7) is 0. The Balaban J connectivity index is 2.31. The number of carbonyl (C=O) groups is 1. The van der Waals surface area contributed by atoms with Crippen LogP contribution in [0.3, 0.4) is 0 Å². The Labute approximate surface area is 105 Å². The standard InChI is InChI=1S/C11H7F3N4O/c12-11(13,14)10-17-7-2-1-6(5-8(7)18-10)16-9(19)3-4-15/h1-2,5H,3H2,(H,16,19)(H,17,18). The molecule has 1 aromatic carbocycles. The predicted octanol–water partition coefficient (Wildman–Crippen LogP) is 2.43. The van der Waals surface area contributed by atoms with Crippen molar-refractivity contribution in [3.05, 3.63) is 24.0 Å². The Kier molecular flexibility index (Phi) is 3.12. The fourth-order valence-electron chi connectivity index (χ4n) is 1.50. The zero-order chi connectivity index (χ0) is 14.0. The highest BCUT2D eigenvalue weighted by Gasteiger charge is 2.34. The van der Waals surface area contributed by atoms with Crippen LogP contribution in [0.4, 0.5) is 18.9 Å². The van der Waals surface area contributed by atoms with Gasteiger partial charge in [0.15, 0.2) is 0 Å². The Bertz CT molecular complexity index is 669. The van der Waals surface area contributed by atoms with Crippen molar-refractivity contribution >= 4 is 22.6 Å². The number of aromatic amines is 1. The molecule has 19 heavy (non-hydrogen) atoms. The minimum absolute atomic E-state index is 0.144. The lowest BCUT2D eigenvalue weighted by atomic mass is 10.2. The van der Waals surface area contributed by atoms with Gasteiger partial charge in [0.25, 0.3) is 0 Å². The van der Waals surface area contributed by atoms with Crippen LogP contribution in [0.2, 0.25) is 0 Å². The van der Waals surface area contributed by atoms with Crippen molar-refractivity contribution in [3.8, 4) is 6.07 Å². The van der Waals surface area contributed by atoms with Crippen LogP contribution in [-0.2, 0) is 11.0 Å². The summed E-state index contributed by atoms with van der Waals surface area (Å²) in [5, 5.41) is 10.7. The second-order valence-corrected chi connectivity index (χ2v) is 3.70. The van der Waals surface area contributed by atoms with Crippen molar-refractivity contribution in [1.82, 2.24) is 9.97 Å². The van der Waals surface area contributed by atoms with Crippen LogP contribution in [0, 0.1) is 11.3 Å². The quantitative estimate of drug-likeness (QED) is 0.877. The molecule has 0 radical (unpaired) electrons. The van der Waals surface area contributed by atoms with E-state index in [1.165, 1.54) is 18.2 Å². The third kappa shape index (κ3) is 2.82. The van der Waals surface area contributed by atoms with E-state index in [-0.39, 0.29) is 17.5 Å². The van der Waals surface area contributed by atoms with Gasteiger partial charge in [-0.3, -0.25) is 4.79 Å². The molecule has 0 aliphatic carbocycles. The zero-order valence-corrected chi connectivity index (χ0v) is 9.38. The molecule has 0 aliphatic heterocycles. The average molecular weight is 268 g/mol. The third-order valence-electron chi connectivity index (χ3n) is 2.27. The molecule has 1 aromatic heterocycles. The molecule has 5 nitrogen and oxygen atoms in total. The fourth-order valence-corrected chi connectivity index (χ4v) is 1.50. The summed E-state index contributed by atoms with van der Waals surface area (Å²) in [5.41, 5.74) is 0.595. The maximum absolute atomic E-state index is 12.4. The Morgan fingerprint density at radius 1 is 1.47 bits per heavy atom. The molecule has 0 saturated heterocycles. The lowest BCUT2D eigenvalue weighted by Crippen LogP contribution is -2.09. The number of nitrogens with zero attached hydrogens (tertiary/aromatic N) is 2. The molecule has 0 spiro atoms. The number of benzene rings is 1. The number of carbonyl (C=O) groups excluding carboxylic acids is 1. The lowest BCUT2D eigenvalue weighted by molar-refractivity contribution is -0.144. The number of fused-ring (bicyclic) bond motifs is 1. The predicted molar refractivity (Wildman–Crippen MR) is 60.0 cm³/mol. The van der Waals surface area contributed by atoms with Gasteiger partial charge in [-0.1, -0.05) is 0 Å². The van der Waals surface area contributed by atoms with Crippen LogP contribution >= 0.6 is 0 Å². The Morgan fingerprint density at radius 2 is 2.21 bits per heavy atom. The largest absolute Gasteiger partial charge is 0.449 e. The number of anilines is 1. The van der Waals surface area contributed by atoms with Gasteiger partial charge in [-0.15, -0.1) is 0 Å². The first-order valence-electron chi connectivity index (χ1n) is 5.14. The van der Waals surface area contributed by atoms with Gasteiger partial charge in [-0.2, -0.15) is 18.4 Å². The first-order valence-corrected chi connectivity index (χ1v) is 5.14. The Hall–Kier alpha value is -2.56. The number of nitriles is 1. The molecule has 1 heterocycles. The second-order valence-electron chi connectivity index (χ2n) is 3.70. The van der Waals surface area contributed by atoms with Crippen molar-refractivity contribution in [1.29, 1.82) is 5.26 Å². The van der Waals surface area contributed by atoms with Crippen molar-refractivity contribution in [2.45, 2.75) is 12.6 Å². The van der Waals surface area contributed by atoms with E-state index in [0.29, 0.717) is 5.69 Å². The summed E-state index contributed by atoms with van der Waals surface area (Å²) >= 11 is 0. The minimum atomic E-state index is -4.55. The number of hydrogen-bond donors (Lipinski definition) is 2. The van der Waals surface area contributed by atoms with E-state index in [0.717, 1.165) is 0 Å². The first-order chi connectivity index (χ1) is 8.90. The normalized spacial score (nSPS) is 11.3. The lowest BCUT2D eigenvalue weighted by Gasteiger charge is -2.01. The number of alkyl halides is 3. The molecule has 0 unspecified atom stereocenters. The highest BCUT2D eigenvalue weighted by molar-refractivity contribution is 5.94. The van der Waals surface area contributed by atoms with Gasteiger partial charge < -0.3 is 10.3 Å². The van der Waals surface area contributed by atoms with Gasteiger partial charge in [0.2, 0.25) is 11.7 Å². The summed E-state index contributed by atoms with van der Waals surface area (Å²) in [4.78, 5) is 16.7. The SMILES string of the molecule is N#CCC(=O)Nc1ccc2nc(C(F)(F)F)[nH]c2c1. The van der Waals surface area contributed by atoms with Crippen LogP contribution in [0.25, 0.3) is 11.0 Å².